The zero-order valence-electron chi connectivity index (χ0n) is 13.3. The van der Waals surface area contributed by atoms with Crippen molar-refractivity contribution in [2.45, 2.75) is 58.2 Å². The van der Waals surface area contributed by atoms with Crippen molar-refractivity contribution in [1.29, 1.82) is 0 Å². The molecule has 0 amide bonds. The highest BCUT2D eigenvalue weighted by Crippen LogP contribution is 2.26. The lowest BCUT2D eigenvalue weighted by atomic mass is 9.84. The van der Waals surface area contributed by atoms with Crippen LogP contribution in [0.2, 0.25) is 0 Å². The molecule has 2 nitrogen and oxygen atoms in total. The molecule has 0 bridgehead atoms. The number of nitrogens with one attached hydrogen (secondary N) is 1. The highest BCUT2D eigenvalue weighted by atomic mass is 15.1. The lowest BCUT2D eigenvalue weighted by Crippen LogP contribution is -2.44. The summed E-state index contributed by atoms with van der Waals surface area (Å²) in [6, 6.07) is 12.2. The van der Waals surface area contributed by atoms with Crippen molar-refractivity contribution in [3.63, 3.8) is 0 Å². The SMILES string of the molecule is CNC1CCCCC1CN(Cc1ccccc1)C(C)C. The van der Waals surface area contributed by atoms with E-state index in [1.807, 2.05) is 0 Å². The normalized spacial score (nSPS) is 23.4. The van der Waals surface area contributed by atoms with Gasteiger partial charge in [0.15, 0.2) is 0 Å². The fourth-order valence-corrected chi connectivity index (χ4v) is 3.38. The van der Waals surface area contributed by atoms with Crippen molar-refractivity contribution in [3.8, 4) is 0 Å². The van der Waals surface area contributed by atoms with Gasteiger partial charge in [0.1, 0.15) is 0 Å². The molecule has 1 saturated carbocycles. The first-order valence-electron chi connectivity index (χ1n) is 8.16. The predicted molar refractivity (Wildman–Crippen MR) is 86.8 cm³/mol. The molecule has 2 unspecified atom stereocenters. The van der Waals surface area contributed by atoms with E-state index in [1.54, 1.807) is 0 Å². The third-order valence-corrected chi connectivity index (χ3v) is 4.71. The fraction of sp³-hybridized carbons (Fsp3) is 0.667. The van der Waals surface area contributed by atoms with E-state index in [9.17, 15) is 0 Å². The van der Waals surface area contributed by atoms with Gasteiger partial charge in [-0.15, -0.1) is 0 Å². The van der Waals surface area contributed by atoms with Crippen LogP contribution in [0.5, 0.6) is 0 Å². The van der Waals surface area contributed by atoms with E-state index in [1.165, 1.54) is 37.8 Å². The van der Waals surface area contributed by atoms with Gasteiger partial charge in [0.25, 0.3) is 0 Å². The molecule has 1 fully saturated rings. The van der Waals surface area contributed by atoms with Crippen molar-refractivity contribution >= 4 is 0 Å². The first-order valence-corrected chi connectivity index (χ1v) is 8.16. The molecule has 0 aromatic heterocycles. The second-order valence-corrected chi connectivity index (χ2v) is 6.45. The van der Waals surface area contributed by atoms with Gasteiger partial charge in [-0.25, -0.2) is 0 Å². The summed E-state index contributed by atoms with van der Waals surface area (Å²) in [6.07, 6.45) is 5.52. The minimum atomic E-state index is 0.606. The number of hydrogen-bond acceptors (Lipinski definition) is 2. The summed E-state index contributed by atoms with van der Waals surface area (Å²) in [7, 11) is 2.12. The van der Waals surface area contributed by atoms with E-state index in [0.29, 0.717) is 12.1 Å². The van der Waals surface area contributed by atoms with E-state index in [4.69, 9.17) is 0 Å². The van der Waals surface area contributed by atoms with Gasteiger partial charge < -0.3 is 5.32 Å². The lowest BCUT2D eigenvalue weighted by molar-refractivity contribution is 0.138. The minimum Gasteiger partial charge on any atom is -0.317 e. The van der Waals surface area contributed by atoms with Crippen LogP contribution in [-0.2, 0) is 6.54 Å². The average molecular weight is 274 g/mol. The Morgan fingerprint density at radius 1 is 1.15 bits per heavy atom. The fourth-order valence-electron chi connectivity index (χ4n) is 3.38. The molecule has 0 spiro atoms. The molecule has 112 valence electrons. The van der Waals surface area contributed by atoms with Crippen LogP contribution in [0.15, 0.2) is 30.3 Å². The topological polar surface area (TPSA) is 15.3 Å². The average Bonchev–Trinajstić information content (AvgIpc) is 2.48. The van der Waals surface area contributed by atoms with Crippen molar-refractivity contribution in [2.75, 3.05) is 13.6 Å². The van der Waals surface area contributed by atoms with Crippen molar-refractivity contribution in [1.82, 2.24) is 10.2 Å². The van der Waals surface area contributed by atoms with Crippen LogP contribution in [0.4, 0.5) is 0 Å². The van der Waals surface area contributed by atoms with Crippen LogP contribution in [-0.4, -0.2) is 30.6 Å². The van der Waals surface area contributed by atoms with Gasteiger partial charge in [-0.2, -0.15) is 0 Å². The Morgan fingerprint density at radius 3 is 2.50 bits per heavy atom. The maximum atomic E-state index is 3.54. The molecule has 0 aliphatic heterocycles. The molecule has 1 aromatic carbocycles. The number of nitrogens with zero attached hydrogens (tertiary/aromatic N) is 1. The number of hydrogen-bond donors (Lipinski definition) is 1. The summed E-state index contributed by atoms with van der Waals surface area (Å²) in [5.41, 5.74) is 1.43. The van der Waals surface area contributed by atoms with Gasteiger partial charge in [-0.05, 0) is 45.2 Å². The highest BCUT2D eigenvalue weighted by molar-refractivity contribution is 5.14. The number of rotatable bonds is 6. The Labute approximate surface area is 124 Å². The van der Waals surface area contributed by atoms with Crippen LogP contribution in [0.3, 0.4) is 0 Å². The highest BCUT2D eigenvalue weighted by Gasteiger charge is 2.26. The van der Waals surface area contributed by atoms with Gasteiger partial charge in [0.05, 0.1) is 0 Å². The monoisotopic (exact) mass is 274 g/mol. The lowest BCUT2D eigenvalue weighted by Gasteiger charge is -2.37. The van der Waals surface area contributed by atoms with Crippen LogP contribution in [0.1, 0.15) is 45.1 Å². The molecule has 1 aliphatic carbocycles. The second kappa shape index (κ2) is 7.80. The molecule has 2 rings (SSSR count). The molecular weight excluding hydrogens is 244 g/mol. The molecule has 2 atom stereocenters. The Kier molecular flexibility index (Phi) is 6.06. The minimum absolute atomic E-state index is 0.606. The molecule has 1 aromatic rings. The van der Waals surface area contributed by atoms with Crippen molar-refractivity contribution < 1.29 is 0 Å². The Hall–Kier alpha value is -0.860. The molecule has 2 heteroatoms. The molecule has 1 N–H and O–H groups in total. The first kappa shape index (κ1) is 15.5. The van der Waals surface area contributed by atoms with Crippen molar-refractivity contribution in [2.24, 2.45) is 5.92 Å². The van der Waals surface area contributed by atoms with Gasteiger partial charge in [-0.3, -0.25) is 4.90 Å². The van der Waals surface area contributed by atoms with Crippen LogP contribution in [0, 0.1) is 5.92 Å². The molecule has 0 radical (unpaired) electrons. The first-order chi connectivity index (χ1) is 9.70. The maximum absolute atomic E-state index is 3.54. The van der Waals surface area contributed by atoms with E-state index in [-0.39, 0.29) is 0 Å². The van der Waals surface area contributed by atoms with E-state index >= 15 is 0 Å². The van der Waals surface area contributed by atoms with Gasteiger partial charge in [0.2, 0.25) is 0 Å². The Bertz CT molecular complexity index is 374. The largest absolute Gasteiger partial charge is 0.317 e. The van der Waals surface area contributed by atoms with Gasteiger partial charge in [0, 0.05) is 25.2 Å². The molecular formula is C18H30N2. The summed E-state index contributed by atoms with van der Waals surface area (Å²) >= 11 is 0. The van der Waals surface area contributed by atoms with E-state index < -0.39 is 0 Å². The third kappa shape index (κ3) is 4.32. The standard InChI is InChI=1S/C18H30N2/c1-15(2)20(13-16-9-5-4-6-10-16)14-17-11-7-8-12-18(17)19-3/h4-6,9-10,15,17-19H,7-8,11-14H2,1-3H3. The second-order valence-electron chi connectivity index (χ2n) is 6.45. The van der Waals surface area contributed by atoms with E-state index in [0.717, 1.165) is 12.5 Å². The summed E-state index contributed by atoms with van der Waals surface area (Å²) < 4.78 is 0. The zero-order valence-corrected chi connectivity index (χ0v) is 13.3. The third-order valence-electron chi connectivity index (χ3n) is 4.71. The van der Waals surface area contributed by atoms with Crippen molar-refractivity contribution in [3.05, 3.63) is 35.9 Å². The molecule has 1 aliphatic rings. The van der Waals surface area contributed by atoms with E-state index in [2.05, 4.69) is 61.4 Å². The molecule has 0 heterocycles. The summed E-state index contributed by atoms with van der Waals surface area (Å²) in [4.78, 5) is 2.63. The summed E-state index contributed by atoms with van der Waals surface area (Å²) in [5, 5.41) is 3.54. The predicted octanol–water partition coefficient (Wildman–Crippen LogP) is 3.68. The summed E-state index contributed by atoms with van der Waals surface area (Å²) in [5.74, 6) is 0.805. The Morgan fingerprint density at radius 2 is 1.85 bits per heavy atom. The van der Waals surface area contributed by atoms with Gasteiger partial charge >= 0.3 is 0 Å². The van der Waals surface area contributed by atoms with Crippen LogP contribution >= 0.6 is 0 Å². The van der Waals surface area contributed by atoms with Gasteiger partial charge in [-0.1, -0.05) is 43.2 Å². The molecule has 0 saturated heterocycles. The smallest absolute Gasteiger partial charge is 0.0236 e. The zero-order chi connectivity index (χ0) is 14.4. The van der Waals surface area contributed by atoms with Crippen LogP contribution < -0.4 is 5.32 Å². The maximum Gasteiger partial charge on any atom is 0.0236 e. The molecule has 20 heavy (non-hydrogen) atoms. The quantitative estimate of drug-likeness (QED) is 0.851. The number of benzene rings is 1. The Balaban J connectivity index is 1.98. The van der Waals surface area contributed by atoms with Crippen LogP contribution in [0.25, 0.3) is 0 Å². The summed E-state index contributed by atoms with van der Waals surface area (Å²) in [6.45, 7) is 6.93.